The van der Waals surface area contributed by atoms with Crippen LogP contribution in [0.3, 0.4) is 0 Å². The maximum Gasteiger partial charge on any atom is 0.323 e. The van der Waals surface area contributed by atoms with E-state index in [-0.39, 0.29) is 17.5 Å². The molecule has 4 heteroatoms. The number of para-hydroxylation sites is 1. The quantitative estimate of drug-likeness (QED) is 0.900. The van der Waals surface area contributed by atoms with Crippen molar-refractivity contribution in [3.63, 3.8) is 0 Å². The molecule has 0 unspecified atom stereocenters. The van der Waals surface area contributed by atoms with Gasteiger partial charge in [-0.1, -0.05) is 39.0 Å². The van der Waals surface area contributed by atoms with Crippen molar-refractivity contribution in [2.24, 2.45) is 0 Å². The Bertz CT molecular complexity index is 693. The van der Waals surface area contributed by atoms with Gasteiger partial charge in [0.2, 0.25) is 0 Å². The molecule has 0 bridgehead atoms. The molecule has 0 atom stereocenters. The minimum absolute atomic E-state index is 0.228. The molecule has 0 amide bonds. The lowest BCUT2D eigenvalue weighted by Crippen LogP contribution is -2.32. The zero-order chi connectivity index (χ0) is 14.2. The van der Waals surface area contributed by atoms with Gasteiger partial charge in [0.1, 0.15) is 6.54 Å². The van der Waals surface area contributed by atoms with Crippen LogP contribution in [0.25, 0.3) is 10.9 Å². The van der Waals surface area contributed by atoms with Gasteiger partial charge >= 0.3 is 5.97 Å². The molecule has 0 radical (unpaired) electrons. The topological polar surface area (TPSA) is 59.3 Å². The molecule has 19 heavy (non-hydrogen) atoms. The van der Waals surface area contributed by atoms with Crippen molar-refractivity contribution in [2.75, 3.05) is 0 Å². The fraction of sp³-hybridized carbons (Fsp3) is 0.333. The summed E-state index contributed by atoms with van der Waals surface area (Å²) in [6, 6.07) is 9.20. The van der Waals surface area contributed by atoms with Gasteiger partial charge in [-0.2, -0.15) is 0 Å². The summed E-state index contributed by atoms with van der Waals surface area (Å²) in [4.78, 5) is 23.4. The third-order valence-electron chi connectivity index (χ3n) is 3.10. The van der Waals surface area contributed by atoms with Gasteiger partial charge in [0.15, 0.2) is 0 Å². The van der Waals surface area contributed by atoms with Gasteiger partial charge < -0.3 is 5.11 Å². The molecule has 2 rings (SSSR count). The predicted octanol–water partition coefficient (Wildman–Crippen LogP) is 2.38. The van der Waals surface area contributed by atoms with Crippen LogP contribution in [-0.2, 0) is 16.8 Å². The third-order valence-corrected chi connectivity index (χ3v) is 3.10. The zero-order valence-corrected chi connectivity index (χ0v) is 11.3. The van der Waals surface area contributed by atoms with Crippen LogP contribution in [0.2, 0.25) is 0 Å². The Hall–Kier alpha value is -2.10. The number of aliphatic carboxylic acids is 1. The summed E-state index contributed by atoms with van der Waals surface area (Å²) in [5, 5.41) is 9.87. The van der Waals surface area contributed by atoms with E-state index in [1.165, 1.54) is 4.57 Å². The molecule has 0 aliphatic rings. The van der Waals surface area contributed by atoms with Crippen molar-refractivity contribution in [1.82, 2.24) is 4.57 Å². The number of nitrogens with zero attached hydrogens (tertiary/aromatic N) is 1. The number of hydrogen-bond acceptors (Lipinski definition) is 2. The highest BCUT2D eigenvalue weighted by atomic mass is 16.4. The molecule has 1 heterocycles. The average Bonchev–Trinajstić information content (AvgIpc) is 2.30. The first-order valence-corrected chi connectivity index (χ1v) is 6.15. The first-order chi connectivity index (χ1) is 8.80. The molecule has 4 nitrogen and oxygen atoms in total. The average molecular weight is 259 g/mol. The van der Waals surface area contributed by atoms with Crippen LogP contribution in [0.4, 0.5) is 0 Å². The fourth-order valence-corrected chi connectivity index (χ4v) is 2.16. The van der Waals surface area contributed by atoms with Crippen molar-refractivity contribution in [3.8, 4) is 0 Å². The molecule has 100 valence electrons. The van der Waals surface area contributed by atoms with Gasteiger partial charge in [-0.05, 0) is 22.9 Å². The largest absolute Gasteiger partial charge is 0.480 e. The molecule has 0 saturated heterocycles. The molecule has 0 spiro atoms. The zero-order valence-electron chi connectivity index (χ0n) is 11.3. The summed E-state index contributed by atoms with van der Waals surface area (Å²) < 4.78 is 1.33. The van der Waals surface area contributed by atoms with Crippen LogP contribution < -0.4 is 5.56 Å². The van der Waals surface area contributed by atoms with Gasteiger partial charge in [0, 0.05) is 5.56 Å². The number of rotatable bonds is 2. The van der Waals surface area contributed by atoms with Crippen molar-refractivity contribution in [3.05, 3.63) is 46.2 Å². The van der Waals surface area contributed by atoms with Crippen molar-refractivity contribution >= 4 is 16.9 Å². The Labute approximate surface area is 111 Å². The van der Waals surface area contributed by atoms with Crippen LogP contribution >= 0.6 is 0 Å². The van der Waals surface area contributed by atoms with Crippen LogP contribution in [0, 0.1) is 0 Å². The van der Waals surface area contributed by atoms with E-state index in [1.807, 2.05) is 39.0 Å². The van der Waals surface area contributed by atoms with E-state index in [0.717, 1.165) is 5.39 Å². The fourth-order valence-electron chi connectivity index (χ4n) is 2.16. The van der Waals surface area contributed by atoms with E-state index in [2.05, 4.69) is 0 Å². The smallest absolute Gasteiger partial charge is 0.323 e. The Morgan fingerprint density at radius 3 is 2.47 bits per heavy atom. The summed E-state index contributed by atoms with van der Waals surface area (Å²) in [7, 11) is 0. The number of carboxylic acids is 1. The van der Waals surface area contributed by atoms with Gasteiger partial charge in [-0.25, -0.2) is 0 Å². The predicted molar refractivity (Wildman–Crippen MR) is 74.5 cm³/mol. The first kappa shape index (κ1) is 13.3. The molecule has 2 aromatic rings. The van der Waals surface area contributed by atoms with Crippen LogP contribution in [0.5, 0.6) is 0 Å². The van der Waals surface area contributed by atoms with E-state index in [0.29, 0.717) is 11.1 Å². The van der Waals surface area contributed by atoms with Crippen LogP contribution in [0.1, 0.15) is 26.3 Å². The number of fused-ring (bicyclic) bond motifs is 1. The standard InChI is InChI=1S/C15H17NO3/c1-15(2,3)11-8-10-6-4-5-7-12(10)16(14(11)19)9-13(17)18/h4-8H,9H2,1-3H3,(H,17,18). The minimum Gasteiger partial charge on any atom is -0.480 e. The molecule has 0 saturated carbocycles. The number of hydrogen-bond donors (Lipinski definition) is 1. The maximum absolute atomic E-state index is 12.5. The van der Waals surface area contributed by atoms with E-state index in [4.69, 9.17) is 5.11 Å². The maximum atomic E-state index is 12.5. The lowest BCUT2D eigenvalue weighted by atomic mass is 9.87. The van der Waals surface area contributed by atoms with Crippen LogP contribution in [0.15, 0.2) is 35.1 Å². The molecular weight excluding hydrogens is 242 g/mol. The van der Waals surface area contributed by atoms with Crippen LogP contribution in [-0.4, -0.2) is 15.6 Å². The second kappa shape index (κ2) is 4.53. The highest BCUT2D eigenvalue weighted by molar-refractivity contribution is 5.81. The Kier molecular flexibility index (Phi) is 3.18. The summed E-state index contributed by atoms with van der Waals surface area (Å²) in [6.07, 6.45) is 0. The van der Waals surface area contributed by atoms with Gasteiger partial charge in [0.05, 0.1) is 5.52 Å². The van der Waals surface area contributed by atoms with Gasteiger partial charge in [-0.3, -0.25) is 14.2 Å². The third kappa shape index (κ3) is 2.52. The summed E-state index contributed by atoms with van der Waals surface area (Å²) >= 11 is 0. The Morgan fingerprint density at radius 2 is 1.89 bits per heavy atom. The van der Waals surface area contributed by atoms with E-state index < -0.39 is 5.97 Å². The molecular formula is C15H17NO3. The highest BCUT2D eigenvalue weighted by Gasteiger charge is 2.21. The van der Waals surface area contributed by atoms with Crippen molar-refractivity contribution in [1.29, 1.82) is 0 Å². The normalized spacial score (nSPS) is 11.7. The SMILES string of the molecule is CC(C)(C)c1cc2ccccc2n(CC(=O)O)c1=O. The molecule has 1 N–H and O–H groups in total. The summed E-state index contributed by atoms with van der Waals surface area (Å²) in [5.41, 5.74) is 0.741. The van der Waals surface area contributed by atoms with Crippen molar-refractivity contribution < 1.29 is 9.90 Å². The Morgan fingerprint density at radius 1 is 1.26 bits per heavy atom. The molecule has 1 aromatic heterocycles. The summed E-state index contributed by atoms with van der Waals surface area (Å²) in [6.45, 7) is 5.53. The van der Waals surface area contributed by atoms with Crippen molar-refractivity contribution in [2.45, 2.75) is 32.7 Å². The molecule has 0 fully saturated rings. The van der Waals surface area contributed by atoms with E-state index in [1.54, 1.807) is 12.1 Å². The molecule has 1 aromatic carbocycles. The number of aromatic nitrogens is 1. The molecule has 0 aliphatic heterocycles. The first-order valence-electron chi connectivity index (χ1n) is 6.15. The second-order valence-corrected chi connectivity index (χ2v) is 5.65. The van der Waals surface area contributed by atoms with E-state index in [9.17, 15) is 9.59 Å². The lowest BCUT2D eigenvalue weighted by Gasteiger charge is -2.20. The number of carboxylic acid groups (broad SMARTS) is 1. The van der Waals surface area contributed by atoms with Gasteiger partial charge in [0.25, 0.3) is 5.56 Å². The summed E-state index contributed by atoms with van der Waals surface area (Å²) in [5.74, 6) is -1.02. The highest BCUT2D eigenvalue weighted by Crippen LogP contribution is 2.22. The monoisotopic (exact) mass is 259 g/mol. The lowest BCUT2D eigenvalue weighted by molar-refractivity contribution is -0.137. The number of benzene rings is 1. The van der Waals surface area contributed by atoms with E-state index >= 15 is 0 Å². The minimum atomic E-state index is -1.02. The second-order valence-electron chi connectivity index (χ2n) is 5.65. The molecule has 0 aliphatic carbocycles. The number of pyridine rings is 1. The number of carbonyl (C=O) groups is 1. The Balaban J connectivity index is 2.85. The van der Waals surface area contributed by atoms with Gasteiger partial charge in [-0.15, -0.1) is 0 Å².